The molecule has 0 saturated carbocycles. The van der Waals surface area contributed by atoms with Crippen LogP contribution in [0, 0.1) is 10.1 Å². The molecule has 1 aromatic carbocycles. The van der Waals surface area contributed by atoms with Gasteiger partial charge < -0.3 is 0 Å². The lowest BCUT2D eigenvalue weighted by Crippen LogP contribution is -1.86. The summed E-state index contributed by atoms with van der Waals surface area (Å²) in [5.41, 5.74) is -0.0901. The number of nitro benzene ring substituents is 1. The summed E-state index contributed by atoms with van der Waals surface area (Å²) in [7, 11) is 0. The van der Waals surface area contributed by atoms with Crippen LogP contribution in [-0.4, -0.2) is 4.92 Å². The molecule has 0 aliphatic rings. The predicted octanol–water partition coefficient (Wildman–Crippen LogP) is 2.57. The van der Waals surface area contributed by atoms with Crippen molar-refractivity contribution in [3.8, 4) is 0 Å². The van der Waals surface area contributed by atoms with Crippen LogP contribution >= 0.6 is 12.1 Å². The lowest BCUT2D eigenvalue weighted by atomic mass is 10.3. The molecule has 0 amide bonds. The highest BCUT2D eigenvalue weighted by Crippen LogP contribution is 2.22. The van der Waals surface area contributed by atoms with Gasteiger partial charge in [0.05, 0.1) is 17.1 Å². The van der Waals surface area contributed by atoms with Gasteiger partial charge in [0.1, 0.15) is 0 Å². The molecule has 0 atom stereocenters. The number of nitro groups is 1. The molecule has 0 bridgehead atoms. The van der Waals surface area contributed by atoms with Crippen LogP contribution in [0.15, 0.2) is 29.2 Å². The van der Waals surface area contributed by atoms with Gasteiger partial charge in [-0.3, -0.25) is 10.1 Å². The molecule has 0 fully saturated rings. The van der Waals surface area contributed by atoms with Gasteiger partial charge >= 0.3 is 0 Å². The van der Waals surface area contributed by atoms with E-state index in [9.17, 15) is 14.0 Å². The van der Waals surface area contributed by atoms with Crippen LogP contribution < -0.4 is 0 Å². The molecule has 5 heteroatoms. The highest BCUT2D eigenvalue weighted by Gasteiger charge is 2.04. The van der Waals surface area contributed by atoms with Crippen LogP contribution in [0.25, 0.3) is 0 Å². The number of benzene rings is 1. The molecule has 0 radical (unpaired) electrons. The van der Waals surface area contributed by atoms with Gasteiger partial charge in [-0.2, -0.15) is 3.89 Å². The minimum atomic E-state index is -0.556. The van der Waals surface area contributed by atoms with E-state index in [1.165, 1.54) is 24.3 Å². The van der Waals surface area contributed by atoms with Gasteiger partial charge in [0, 0.05) is 17.0 Å². The summed E-state index contributed by atoms with van der Waals surface area (Å²) in [6.45, 7) is 0. The van der Waals surface area contributed by atoms with Crippen molar-refractivity contribution < 1.29 is 8.81 Å². The Hall–Kier alpha value is -1.10. The summed E-state index contributed by atoms with van der Waals surface area (Å²) >= 11 is -0.00407. The maximum atomic E-state index is 11.9. The zero-order chi connectivity index (χ0) is 8.27. The molecule has 0 heterocycles. The fraction of sp³-hybridized carbons (Fsp3) is 0. The maximum Gasteiger partial charge on any atom is 0.270 e. The summed E-state index contributed by atoms with van der Waals surface area (Å²) in [5, 5.41) is 10.1. The minimum absolute atomic E-state index is 0.00407. The lowest BCUT2D eigenvalue weighted by Gasteiger charge is -1.91. The zero-order valence-electron chi connectivity index (χ0n) is 5.36. The first-order valence-corrected chi connectivity index (χ1v) is 3.49. The standard InChI is InChI=1S/C6H4FNO2S/c7-11-6-3-1-2-5(4-6)8(9)10/h1-4H. The Kier molecular flexibility index (Phi) is 2.43. The quantitative estimate of drug-likeness (QED) is 0.510. The Morgan fingerprint density at radius 3 is 2.82 bits per heavy atom. The Balaban J connectivity index is 3.01. The third-order valence-corrected chi connectivity index (χ3v) is 1.55. The molecule has 1 rings (SSSR count). The molecule has 0 saturated heterocycles. The van der Waals surface area contributed by atoms with Crippen molar-refractivity contribution >= 4 is 17.8 Å². The van der Waals surface area contributed by atoms with E-state index in [0.717, 1.165) is 0 Å². The van der Waals surface area contributed by atoms with Crippen molar-refractivity contribution in [2.24, 2.45) is 0 Å². The average molecular weight is 173 g/mol. The number of non-ortho nitro benzene ring substituents is 1. The van der Waals surface area contributed by atoms with Crippen LogP contribution in [0.4, 0.5) is 9.57 Å². The van der Waals surface area contributed by atoms with Crippen molar-refractivity contribution in [2.45, 2.75) is 4.90 Å². The first kappa shape index (κ1) is 8.00. The first-order valence-electron chi connectivity index (χ1n) is 2.77. The first-order chi connectivity index (χ1) is 5.24. The lowest BCUT2D eigenvalue weighted by molar-refractivity contribution is -0.385. The molecule has 1 aromatic rings. The molecule has 0 aliphatic carbocycles. The van der Waals surface area contributed by atoms with E-state index < -0.39 is 4.92 Å². The normalized spacial score (nSPS) is 9.55. The van der Waals surface area contributed by atoms with Crippen molar-refractivity contribution in [2.75, 3.05) is 0 Å². The van der Waals surface area contributed by atoms with Crippen molar-refractivity contribution in [1.29, 1.82) is 0 Å². The average Bonchev–Trinajstić information content (AvgIpc) is 2.05. The fourth-order valence-corrected chi connectivity index (χ4v) is 0.940. The van der Waals surface area contributed by atoms with E-state index in [1.807, 2.05) is 0 Å². The fourth-order valence-electron chi connectivity index (χ4n) is 0.645. The monoisotopic (exact) mass is 173 g/mol. The third kappa shape index (κ3) is 1.91. The van der Waals surface area contributed by atoms with Crippen LogP contribution in [0.1, 0.15) is 0 Å². The number of nitrogens with zero attached hydrogens (tertiary/aromatic N) is 1. The summed E-state index contributed by atoms with van der Waals surface area (Å²) in [6.07, 6.45) is 0. The second kappa shape index (κ2) is 3.34. The van der Waals surface area contributed by atoms with Gasteiger partial charge in [-0.05, 0) is 6.07 Å². The van der Waals surface area contributed by atoms with Crippen LogP contribution in [0.3, 0.4) is 0 Å². The van der Waals surface area contributed by atoms with Gasteiger partial charge in [0.2, 0.25) is 0 Å². The zero-order valence-corrected chi connectivity index (χ0v) is 6.18. The number of hydrogen-bond acceptors (Lipinski definition) is 3. The van der Waals surface area contributed by atoms with Gasteiger partial charge in [0.15, 0.2) is 0 Å². The molecular formula is C6H4FNO2S. The smallest absolute Gasteiger partial charge is 0.258 e. The Morgan fingerprint density at radius 1 is 1.55 bits per heavy atom. The van der Waals surface area contributed by atoms with Crippen molar-refractivity contribution in [1.82, 2.24) is 0 Å². The van der Waals surface area contributed by atoms with Crippen molar-refractivity contribution in [3.63, 3.8) is 0 Å². The van der Waals surface area contributed by atoms with Crippen LogP contribution in [0.2, 0.25) is 0 Å². The van der Waals surface area contributed by atoms with E-state index >= 15 is 0 Å². The SMILES string of the molecule is O=[N+]([O-])c1cccc(SF)c1. The molecule has 0 N–H and O–H groups in total. The van der Waals surface area contributed by atoms with Crippen molar-refractivity contribution in [3.05, 3.63) is 34.4 Å². The number of halogens is 1. The van der Waals surface area contributed by atoms with Gasteiger partial charge in [-0.15, -0.1) is 0 Å². The van der Waals surface area contributed by atoms with E-state index in [-0.39, 0.29) is 22.7 Å². The van der Waals surface area contributed by atoms with E-state index in [0.29, 0.717) is 0 Å². The van der Waals surface area contributed by atoms with Gasteiger partial charge in [0.25, 0.3) is 5.69 Å². The molecular weight excluding hydrogens is 169 g/mol. The summed E-state index contributed by atoms with van der Waals surface area (Å²) < 4.78 is 11.9. The van der Waals surface area contributed by atoms with E-state index in [4.69, 9.17) is 0 Å². The number of rotatable bonds is 2. The predicted molar refractivity (Wildman–Crippen MR) is 40.1 cm³/mol. The van der Waals surface area contributed by atoms with Crippen LogP contribution in [-0.2, 0) is 0 Å². The topological polar surface area (TPSA) is 43.1 Å². The summed E-state index contributed by atoms with van der Waals surface area (Å²) in [4.78, 5) is 9.84. The highest BCUT2D eigenvalue weighted by atomic mass is 32.2. The molecule has 0 unspecified atom stereocenters. The van der Waals surface area contributed by atoms with E-state index in [1.54, 1.807) is 0 Å². The second-order valence-electron chi connectivity index (χ2n) is 1.83. The number of hydrogen-bond donors (Lipinski definition) is 0. The minimum Gasteiger partial charge on any atom is -0.258 e. The second-order valence-corrected chi connectivity index (χ2v) is 2.46. The summed E-state index contributed by atoms with van der Waals surface area (Å²) in [6, 6.07) is 5.42. The van der Waals surface area contributed by atoms with Crippen LogP contribution in [0.5, 0.6) is 0 Å². The van der Waals surface area contributed by atoms with E-state index in [2.05, 4.69) is 0 Å². The highest BCUT2D eigenvalue weighted by molar-refractivity contribution is 7.94. The largest absolute Gasteiger partial charge is 0.270 e. The molecule has 58 valence electrons. The maximum absolute atomic E-state index is 11.9. The van der Waals surface area contributed by atoms with Gasteiger partial charge in [-0.1, -0.05) is 6.07 Å². The Bertz CT molecular complexity index is 279. The van der Waals surface area contributed by atoms with Gasteiger partial charge in [-0.25, -0.2) is 0 Å². The molecule has 3 nitrogen and oxygen atoms in total. The summed E-state index contributed by atoms with van der Waals surface area (Å²) in [5.74, 6) is 0. The molecule has 0 spiro atoms. The Labute approximate surface area is 66.7 Å². The molecule has 0 aromatic heterocycles. The third-order valence-electron chi connectivity index (χ3n) is 1.12. The molecule has 0 aliphatic heterocycles. The molecule has 11 heavy (non-hydrogen) atoms. The Morgan fingerprint density at radius 2 is 2.27 bits per heavy atom.